The Bertz CT molecular complexity index is 623. The van der Waals surface area contributed by atoms with E-state index in [1.54, 1.807) is 13.0 Å². The largest absolute Gasteiger partial charge is 0.310 e. The molecule has 0 amide bonds. The van der Waals surface area contributed by atoms with Gasteiger partial charge in [-0.1, -0.05) is 31.2 Å². The Morgan fingerprint density at radius 1 is 1.14 bits per heavy atom. The molecule has 1 N–H and O–H groups in total. The van der Waals surface area contributed by atoms with Gasteiger partial charge in [0.25, 0.3) is 0 Å². The highest BCUT2D eigenvalue weighted by atomic mass is 19.1. The van der Waals surface area contributed by atoms with Crippen LogP contribution < -0.4 is 5.32 Å². The first-order chi connectivity index (χ1) is 10.0. The van der Waals surface area contributed by atoms with Crippen molar-refractivity contribution in [1.29, 1.82) is 0 Å². The van der Waals surface area contributed by atoms with Crippen LogP contribution in [0.15, 0.2) is 36.4 Å². The predicted molar refractivity (Wildman–Crippen MR) is 83.2 cm³/mol. The second kappa shape index (κ2) is 6.81. The number of halogens is 2. The minimum absolute atomic E-state index is 0.0551. The van der Waals surface area contributed by atoms with Crippen molar-refractivity contribution in [2.24, 2.45) is 0 Å². The molecule has 112 valence electrons. The Morgan fingerprint density at radius 3 is 2.62 bits per heavy atom. The molecule has 3 heteroatoms. The van der Waals surface area contributed by atoms with E-state index < -0.39 is 11.6 Å². The Labute approximate surface area is 125 Å². The molecule has 0 aliphatic carbocycles. The topological polar surface area (TPSA) is 12.0 Å². The van der Waals surface area contributed by atoms with Crippen LogP contribution in [0, 0.1) is 18.6 Å². The highest BCUT2D eigenvalue weighted by molar-refractivity contribution is 5.66. The van der Waals surface area contributed by atoms with Crippen LogP contribution >= 0.6 is 0 Å². The van der Waals surface area contributed by atoms with Gasteiger partial charge in [0.1, 0.15) is 11.6 Å². The van der Waals surface area contributed by atoms with Crippen molar-refractivity contribution in [2.45, 2.75) is 33.2 Å². The molecule has 2 aromatic rings. The Hall–Kier alpha value is -1.74. The smallest absolute Gasteiger partial charge is 0.136 e. The highest BCUT2D eigenvalue weighted by Crippen LogP contribution is 2.29. The van der Waals surface area contributed by atoms with Gasteiger partial charge in [0.05, 0.1) is 5.56 Å². The van der Waals surface area contributed by atoms with E-state index in [9.17, 15) is 8.78 Å². The lowest BCUT2D eigenvalue weighted by molar-refractivity contribution is 0.570. The van der Waals surface area contributed by atoms with Crippen LogP contribution in [-0.4, -0.2) is 6.54 Å². The zero-order chi connectivity index (χ0) is 15.4. The Morgan fingerprint density at radius 2 is 1.90 bits per heavy atom. The standard InChI is InChI=1S/C18H21F2N/c1-4-10-21-13(3)14-6-5-7-15(11-14)17-16(19)9-8-12(2)18(17)20/h5-9,11,13,21H,4,10H2,1-3H3. The fraction of sp³-hybridized carbons (Fsp3) is 0.333. The van der Waals surface area contributed by atoms with Gasteiger partial charge in [-0.3, -0.25) is 0 Å². The lowest BCUT2D eigenvalue weighted by Crippen LogP contribution is -2.19. The van der Waals surface area contributed by atoms with Gasteiger partial charge in [0.15, 0.2) is 0 Å². The van der Waals surface area contributed by atoms with Crippen molar-refractivity contribution < 1.29 is 8.78 Å². The fourth-order valence-corrected chi connectivity index (χ4v) is 2.36. The normalized spacial score (nSPS) is 12.4. The first-order valence-corrected chi connectivity index (χ1v) is 7.33. The van der Waals surface area contributed by atoms with E-state index in [0.717, 1.165) is 18.5 Å². The van der Waals surface area contributed by atoms with E-state index in [0.29, 0.717) is 11.1 Å². The number of rotatable bonds is 5. The third kappa shape index (κ3) is 3.48. The lowest BCUT2D eigenvalue weighted by atomic mass is 9.98. The van der Waals surface area contributed by atoms with E-state index in [-0.39, 0.29) is 11.6 Å². The maximum Gasteiger partial charge on any atom is 0.136 e. The number of benzene rings is 2. The molecule has 0 fully saturated rings. The summed E-state index contributed by atoms with van der Waals surface area (Å²) >= 11 is 0. The van der Waals surface area contributed by atoms with E-state index in [1.165, 1.54) is 12.1 Å². The summed E-state index contributed by atoms with van der Waals surface area (Å²) in [5.41, 5.74) is 2.12. The van der Waals surface area contributed by atoms with Gasteiger partial charge < -0.3 is 5.32 Å². The summed E-state index contributed by atoms with van der Waals surface area (Å²) in [5.74, 6) is -1.01. The number of hydrogen-bond donors (Lipinski definition) is 1. The minimum atomic E-state index is -0.524. The molecular formula is C18H21F2N. The Kier molecular flexibility index (Phi) is 5.07. The SMILES string of the molecule is CCCNC(C)c1cccc(-c2c(F)ccc(C)c2F)c1. The van der Waals surface area contributed by atoms with E-state index in [4.69, 9.17) is 0 Å². The third-order valence-corrected chi connectivity index (χ3v) is 3.66. The van der Waals surface area contributed by atoms with Crippen molar-refractivity contribution in [3.05, 3.63) is 59.2 Å². The quantitative estimate of drug-likeness (QED) is 0.816. The molecule has 1 atom stereocenters. The summed E-state index contributed by atoms with van der Waals surface area (Å²) in [5, 5.41) is 3.38. The van der Waals surface area contributed by atoms with Crippen LogP contribution in [-0.2, 0) is 0 Å². The van der Waals surface area contributed by atoms with Crippen molar-refractivity contribution in [2.75, 3.05) is 6.54 Å². The molecule has 2 rings (SSSR count). The summed E-state index contributed by atoms with van der Waals surface area (Å²) in [6, 6.07) is 10.4. The second-order valence-electron chi connectivity index (χ2n) is 5.35. The average Bonchev–Trinajstić information content (AvgIpc) is 2.49. The third-order valence-electron chi connectivity index (χ3n) is 3.66. The summed E-state index contributed by atoms with van der Waals surface area (Å²) in [6.07, 6.45) is 1.05. The summed E-state index contributed by atoms with van der Waals surface area (Å²) in [4.78, 5) is 0. The van der Waals surface area contributed by atoms with Gasteiger partial charge in [0, 0.05) is 6.04 Å². The fourth-order valence-electron chi connectivity index (χ4n) is 2.36. The Balaban J connectivity index is 2.40. The zero-order valence-corrected chi connectivity index (χ0v) is 12.7. The first kappa shape index (κ1) is 15.6. The maximum absolute atomic E-state index is 14.2. The molecule has 0 radical (unpaired) electrons. The molecule has 1 nitrogen and oxygen atoms in total. The lowest BCUT2D eigenvalue weighted by Gasteiger charge is -2.15. The van der Waals surface area contributed by atoms with Gasteiger partial charge in [0.2, 0.25) is 0 Å². The van der Waals surface area contributed by atoms with Gasteiger partial charge in [-0.15, -0.1) is 0 Å². The molecule has 0 spiro atoms. The van der Waals surface area contributed by atoms with Crippen molar-refractivity contribution >= 4 is 0 Å². The highest BCUT2D eigenvalue weighted by Gasteiger charge is 2.14. The summed E-state index contributed by atoms with van der Waals surface area (Å²) in [7, 11) is 0. The molecule has 0 heterocycles. The summed E-state index contributed by atoms with van der Waals surface area (Å²) in [6.45, 7) is 6.72. The predicted octanol–water partition coefficient (Wildman–Crippen LogP) is 5.00. The van der Waals surface area contributed by atoms with E-state index in [2.05, 4.69) is 19.2 Å². The van der Waals surface area contributed by atoms with Crippen LogP contribution in [0.25, 0.3) is 11.1 Å². The molecule has 0 saturated carbocycles. The molecular weight excluding hydrogens is 268 g/mol. The summed E-state index contributed by atoms with van der Waals surface area (Å²) < 4.78 is 28.2. The van der Waals surface area contributed by atoms with Crippen molar-refractivity contribution in [1.82, 2.24) is 5.32 Å². The van der Waals surface area contributed by atoms with Gasteiger partial charge in [-0.05, 0) is 55.6 Å². The molecule has 0 aliphatic rings. The molecule has 21 heavy (non-hydrogen) atoms. The number of aryl methyl sites for hydroxylation is 1. The minimum Gasteiger partial charge on any atom is -0.310 e. The van der Waals surface area contributed by atoms with Gasteiger partial charge in [-0.25, -0.2) is 8.78 Å². The van der Waals surface area contributed by atoms with Crippen molar-refractivity contribution in [3.63, 3.8) is 0 Å². The van der Waals surface area contributed by atoms with E-state index in [1.807, 2.05) is 18.2 Å². The van der Waals surface area contributed by atoms with Crippen LogP contribution in [0.1, 0.15) is 37.4 Å². The molecule has 0 aromatic heterocycles. The maximum atomic E-state index is 14.2. The zero-order valence-electron chi connectivity index (χ0n) is 12.7. The number of hydrogen-bond acceptors (Lipinski definition) is 1. The van der Waals surface area contributed by atoms with Crippen molar-refractivity contribution in [3.8, 4) is 11.1 Å². The monoisotopic (exact) mass is 289 g/mol. The van der Waals surface area contributed by atoms with Crippen LogP contribution in [0.5, 0.6) is 0 Å². The van der Waals surface area contributed by atoms with Gasteiger partial charge >= 0.3 is 0 Å². The van der Waals surface area contributed by atoms with Crippen LogP contribution in [0.4, 0.5) is 8.78 Å². The molecule has 0 bridgehead atoms. The van der Waals surface area contributed by atoms with Crippen LogP contribution in [0.2, 0.25) is 0 Å². The van der Waals surface area contributed by atoms with Crippen LogP contribution in [0.3, 0.4) is 0 Å². The van der Waals surface area contributed by atoms with Gasteiger partial charge in [-0.2, -0.15) is 0 Å². The second-order valence-corrected chi connectivity index (χ2v) is 5.35. The first-order valence-electron chi connectivity index (χ1n) is 7.33. The molecule has 2 aromatic carbocycles. The molecule has 0 saturated heterocycles. The number of nitrogens with one attached hydrogen (secondary N) is 1. The van der Waals surface area contributed by atoms with E-state index >= 15 is 0 Å². The molecule has 0 aliphatic heterocycles. The average molecular weight is 289 g/mol. The molecule has 1 unspecified atom stereocenters.